The number of allylic oxidation sites excluding steroid dienone is 20. The molecule has 5 aromatic carbocycles. The maximum Gasteiger partial charge on any atom is 0.119 e. The standard InChI is InChI=1S/C89H93N2O3Si/c1-4-65-30-47-78(48-31-65)92-57-19-6-7-20-58-93-80-51-44-76(45-52-80)91-87-54-38-71(68-24-13-9-14-25-68)62-83(87)84-63-72(39-55-88(84)91)70-36-42-75(43-37-70)90(74-40-34-69(35-41-74)67-22-11-8-12-23-67)77-46-53-82-81-28-17-18-29-85(81)89(86(82)64-77,73-26-15-10-16-27-73)56-21-60-95(3)61-59-94-79-49-32-66(5-2)33-50-79/h4-5,8-13,15-18,22-24,26,28-34,36-37,39-44,46-47,49-52,54-55,62-64,69,71,73,76,78,82H,1-2,6-7,14,19-21,25,27,35,38,45,48,53,56-61H2,3H3. The summed E-state index contributed by atoms with van der Waals surface area (Å²) in [6.07, 6.45) is 66.3. The number of anilines is 1. The average Bonchev–Trinajstić information content (AvgIpc) is 1.57. The van der Waals surface area contributed by atoms with Crippen LogP contribution in [0.25, 0.3) is 40.3 Å². The van der Waals surface area contributed by atoms with Crippen molar-refractivity contribution in [3.8, 4) is 16.9 Å². The van der Waals surface area contributed by atoms with E-state index in [4.69, 9.17) is 14.2 Å². The Bertz CT molecular complexity index is 4310. The summed E-state index contributed by atoms with van der Waals surface area (Å²) >= 11 is 0. The van der Waals surface area contributed by atoms with Gasteiger partial charge in [-0.25, -0.2) is 0 Å². The van der Waals surface area contributed by atoms with E-state index in [-0.39, 0.29) is 17.6 Å². The molecule has 0 spiro atoms. The molecular weight excluding hydrogens is 1170 g/mol. The third-order valence-corrected chi connectivity index (χ3v) is 23.7. The maximum atomic E-state index is 6.39. The van der Waals surface area contributed by atoms with E-state index in [9.17, 15) is 0 Å². The Labute approximate surface area is 567 Å². The number of hydrogen-bond donors (Lipinski definition) is 0. The second kappa shape index (κ2) is 29.9. The minimum absolute atomic E-state index is 0.116. The minimum atomic E-state index is -0.631. The first kappa shape index (κ1) is 63.7. The van der Waals surface area contributed by atoms with E-state index in [0.29, 0.717) is 23.7 Å². The Hall–Kier alpha value is -8.68. The largest absolute Gasteiger partial charge is 0.494 e. The molecule has 0 saturated heterocycles. The molecule has 95 heavy (non-hydrogen) atoms. The van der Waals surface area contributed by atoms with Crippen LogP contribution in [-0.2, 0) is 14.9 Å². The number of benzene rings is 5. The molecule has 8 aliphatic carbocycles. The lowest BCUT2D eigenvalue weighted by Gasteiger charge is -2.42. The highest BCUT2D eigenvalue weighted by Gasteiger charge is 2.52. The Kier molecular flexibility index (Phi) is 20.1. The van der Waals surface area contributed by atoms with E-state index in [0.717, 1.165) is 126 Å². The van der Waals surface area contributed by atoms with Crippen molar-refractivity contribution < 1.29 is 14.2 Å². The zero-order chi connectivity index (χ0) is 64.3. The van der Waals surface area contributed by atoms with Gasteiger partial charge < -0.3 is 23.7 Å². The number of aromatic nitrogens is 1. The van der Waals surface area contributed by atoms with Gasteiger partial charge in [0.2, 0.25) is 0 Å². The fourth-order valence-corrected chi connectivity index (χ4v) is 17.8. The molecule has 481 valence electrons. The second-order valence-electron chi connectivity index (χ2n) is 27.3. The van der Waals surface area contributed by atoms with Gasteiger partial charge in [-0.3, -0.25) is 0 Å². The first-order valence-corrected chi connectivity index (χ1v) is 38.0. The molecular formula is C89H93N2O3Si. The fraction of sp³-hybridized carbons (Fsp3) is 0.303. The lowest BCUT2D eigenvalue weighted by molar-refractivity contribution is 0.0826. The van der Waals surface area contributed by atoms with Crippen molar-refractivity contribution in [1.82, 2.24) is 4.57 Å². The predicted octanol–water partition coefficient (Wildman–Crippen LogP) is 21.0. The Balaban J connectivity index is 0.730. The van der Waals surface area contributed by atoms with Gasteiger partial charge in [0.1, 0.15) is 11.5 Å². The summed E-state index contributed by atoms with van der Waals surface area (Å²) in [6, 6.07) is 48.2. The Morgan fingerprint density at radius 2 is 1.47 bits per heavy atom. The van der Waals surface area contributed by atoms with Gasteiger partial charge in [-0.1, -0.05) is 238 Å². The summed E-state index contributed by atoms with van der Waals surface area (Å²) in [7, 11) is -0.631. The van der Waals surface area contributed by atoms with Gasteiger partial charge >= 0.3 is 0 Å². The van der Waals surface area contributed by atoms with Crippen LogP contribution in [0.2, 0.25) is 18.6 Å². The summed E-state index contributed by atoms with van der Waals surface area (Å²) in [4.78, 5) is 2.58. The molecule has 0 saturated carbocycles. The molecule has 0 bridgehead atoms. The molecule has 8 aliphatic rings. The summed E-state index contributed by atoms with van der Waals surface area (Å²) in [5.74, 6) is 3.38. The topological polar surface area (TPSA) is 35.9 Å². The van der Waals surface area contributed by atoms with Crippen molar-refractivity contribution in [2.24, 2.45) is 11.8 Å². The molecule has 1 aromatic heterocycles. The van der Waals surface area contributed by atoms with Crippen molar-refractivity contribution in [3.63, 3.8) is 0 Å². The third-order valence-electron chi connectivity index (χ3n) is 21.4. The molecule has 6 aromatic rings. The Morgan fingerprint density at radius 3 is 2.24 bits per heavy atom. The van der Waals surface area contributed by atoms with E-state index in [1.807, 2.05) is 12.2 Å². The molecule has 1 radical (unpaired) electrons. The van der Waals surface area contributed by atoms with Crippen molar-refractivity contribution in [2.45, 2.75) is 138 Å². The molecule has 1 heterocycles. The minimum Gasteiger partial charge on any atom is -0.494 e. The monoisotopic (exact) mass is 1270 g/mol. The summed E-state index contributed by atoms with van der Waals surface area (Å²) in [5, 5.41) is 4.04. The van der Waals surface area contributed by atoms with Crippen LogP contribution >= 0.6 is 0 Å². The van der Waals surface area contributed by atoms with Crippen LogP contribution in [0.4, 0.5) is 5.69 Å². The fourth-order valence-electron chi connectivity index (χ4n) is 16.3. The summed E-state index contributed by atoms with van der Waals surface area (Å²) in [6.45, 7) is 12.6. The smallest absolute Gasteiger partial charge is 0.119 e. The number of rotatable bonds is 27. The van der Waals surface area contributed by atoms with Crippen molar-refractivity contribution >= 4 is 43.6 Å². The van der Waals surface area contributed by atoms with Gasteiger partial charge in [0.25, 0.3) is 0 Å². The van der Waals surface area contributed by atoms with Gasteiger partial charge in [0.05, 0.1) is 25.4 Å². The highest BCUT2D eigenvalue weighted by molar-refractivity contribution is 6.57. The van der Waals surface area contributed by atoms with Crippen LogP contribution < -0.4 is 20.2 Å². The van der Waals surface area contributed by atoms with Crippen LogP contribution in [0.5, 0.6) is 5.75 Å². The highest BCUT2D eigenvalue weighted by atomic mass is 28.3. The van der Waals surface area contributed by atoms with Gasteiger partial charge in [0.15, 0.2) is 0 Å². The first-order chi connectivity index (χ1) is 46.9. The second-order valence-corrected chi connectivity index (χ2v) is 30.2. The highest BCUT2D eigenvalue weighted by Crippen LogP contribution is 2.61. The molecule has 0 amide bonds. The van der Waals surface area contributed by atoms with E-state index in [1.165, 1.54) is 78.8 Å². The number of fused-ring (bicyclic) bond motifs is 6. The van der Waals surface area contributed by atoms with E-state index in [2.05, 4.69) is 272 Å². The molecule has 6 heteroatoms. The lowest BCUT2D eigenvalue weighted by atomic mass is 9.62. The SMILES string of the molecule is C=CC1=CCC(OCCCCCCOC2=CCC(n3c4c(c5cc(-c6ccc(N(C7=CCC(c8ccccc8)C=C7)C7=CCC8C(=C7)C(CCC[Si](C)CCOc7ccc(C=C)cc7)(C7C=CC=CC7)c7ccccc78)cc6)ccc53)=CC(C3=CC=CCC3)CC=4)C=C2)C=C1. The molecule has 0 fully saturated rings. The number of ether oxygens (including phenoxy) is 3. The number of hydrogen-bond acceptors (Lipinski definition) is 4. The van der Waals surface area contributed by atoms with Crippen LogP contribution in [0.15, 0.2) is 284 Å². The van der Waals surface area contributed by atoms with Gasteiger partial charge in [-0.15, -0.1) is 0 Å². The number of unbranched alkanes of at least 4 members (excludes halogenated alkanes) is 3. The number of nitrogens with zero attached hydrogens (tertiary/aromatic N) is 2. The van der Waals surface area contributed by atoms with Gasteiger partial charge in [-0.2, -0.15) is 0 Å². The van der Waals surface area contributed by atoms with E-state index in [1.54, 1.807) is 16.7 Å². The molecule has 7 unspecified atom stereocenters. The predicted molar refractivity (Wildman–Crippen MR) is 401 cm³/mol. The third kappa shape index (κ3) is 14.0. The van der Waals surface area contributed by atoms with Crippen LogP contribution in [-0.4, -0.2) is 39.3 Å². The average molecular weight is 1270 g/mol. The van der Waals surface area contributed by atoms with Crippen molar-refractivity contribution in [1.29, 1.82) is 0 Å². The first-order valence-electron chi connectivity index (χ1n) is 35.6. The van der Waals surface area contributed by atoms with Gasteiger partial charge in [0, 0.05) is 77.1 Å². The zero-order valence-corrected chi connectivity index (χ0v) is 56.7. The lowest BCUT2D eigenvalue weighted by Crippen LogP contribution is -2.36. The zero-order valence-electron chi connectivity index (χ0n) is 55.7. The van der Waals surface area contributed by atoms with Crippen LogP contribution in [0.1, 0.15) is 130 Å². The van der Waals surface area contributed by atoms with Crippen molar-refractivity contribution in [3.05, 3.63) is 317 Å². The van der Waals surface area contributed by atoms with E-state index >= 15 is 0 Å². The van der Waals surface area contributed by atoms with Crippen LogP contribution in [0, 0.1) is 11.8 Å². The van der Waals surface area contributed by atoms with E-state index < -0.39 is 8.80 Å². The molecule has 7 atom stereocenters. The molecule has 14 rings (SSSR count). The Morgan fingerprint density at radius 1 is 0.642 bits per heavy atom. The molecule has 5 nitrogen and oxygen atoms in total. The summed E-state index contributed by atoms with van der Waals surface area (Å²) < 4.78 is 21.4. The summed E-state index contributed by atoms with van der Waals surface area (Å²) in [5.41, 5.74) is 17.2. The molecule has 0 N–H and O–H groups in total. The molecule has 0 aliphatic heterocycles. The van der Waals surface area contributed by atoms with Gasteiger partial charge in [-0.05, 0) is 194 Å². The maximum absolute atomic E-state index is 6.39. The quantitative estimate of drug-likeness (QED) is 0.0380. The normalized spacial score (nSPS) is 23.1. The van der Waals surface area contributed by atoms with Crippen LogP contribution in [0.3, 0.4) is 0 Å². The van der Waals surface area contributed by atoms with Crippen molar-refractivity contribution in [2.75, 3.05) is 24.7 Å².